The molecule has 0 fully saturated rings. The molecule has 9 nitrogen and oxygen atoms in total. The van der Waals surface area contributed by atoms with Crippen molar-refractivity contribution in [2.24, 2.45) is 0 Å². The molecule has 118 valence electrons. The van der Waals surface area contributed by atoms with Gasteiger partial charge >= 0.3 is 0 Å². The van der Waals surface area contributed by atoms with Gasteiger partial charge in [-0.05, 0) is 12.1 Å². The van der Waals surface area contributed by atoms with E-state index in [4.69, 9.17) is 4.42 Å². The van der Waals surface area contributed by atoms with Crippen LogP contribution in [0.5, 0.6) is 0 Å². The Labute approximate surface area is 135 Å². The first-order valence-electron chi connectivity index (χ1n) is 7.00. The summed E-state index contributed by atoms with van der Waals surface area (Å²) in [7, 11) is 0. The number of nitrogens with zero attached hydrogens (tertiary/aromatic N) is 5. The molecule has 0 spiro atoms. The molecule has 0 atom stereocenters. The van der Waals surface area contributed by atoms with E-state index in [0.717, 1.165) is 0 Å². The fourth-order valence-corrected chi connectivity index (χ4v) is 2.13. The zero-order chi connectivity index (χ0) is 16.4. The summed E-state index contributed by atoms with van der Waals surface area (Å²) in [4.78, 5) is 24.4. The third kappa shape index (κ3) is 2.65. The number of hydrogen-bond acceptors (Lipinski definition) is 6. The van der Waals surface area contributed by atoms with Crippen LogP contribution in [0.15, 0.2) is 60.0 Å². The van der Waals surface area contributed by atoms with Crippen LogP contribution in [0.1, 0.15) is 10.5 Å². The van der Waals surface area contributed by atoms with Crippen molar-refractivity contribution in [3.05, 3.63) is 61.3 Å². The lowest BCUT2D eigenvalue weighted by Gasteiger charge is -2.04. The van der Waals surface area contributed by atoms with Gasteiger partial charge in [-0.25, -0.2) is 15.0 Å². The van der Waals surface area contributed by atoms with Gasteiger partial charge in [-0.3, -0.25) is 14.5 Å². The van der Waals surface area contributed by atoms with Crippen LogP contribution in [0.25, 0.3) is 17.3 Å². The molecule has 0 unspecified atom stereocenters. The van der Waals surface area contributed by atoms with Gasteiger partial charge in [-0.2, -0.15) is 5.10 Å². The molecular formula is C15H11N7O2. The van der Waals surface area contributed by atoms with Crippen LogP contribution in [0.3, 0.4) is 0 Å². The summed E-state index contributed by atoms with van der Waals surface area (Å²) in [5, 5.41) is 9.43. The van der Waals surface area contributed by atoms with Crippen LogP contribution in [0, 0.1) is 0 Å². The molecule has 4 aromatic rings. The number of anilines is 1. The van der Waals surface area contributed by atoms with Gasteiger partial charge in [-0.1, -0.05) is 0 Å². The number of aromatic amines is 1. The van der Waals surface area contributed by atoms with E-state index in [0.29, 0.717) is 23.1 Å². The summed E-state index contributed by atoms with van der Waals surface area (Å²) >= 11 is 0. The van der Waals surface area contributed by atoms with E-state index in [1.807, 2.05) is 0 Å². The fraction of sp³-hybridized carbons (Fsp3) is 0. The normalized spacial score (nSPS) is 10.7. The molecule has 0 saturated heterocycles. The topological polar surface area (TPSA) is 115 Å². The molecule has 9 heteroatoms. The van der Waals surface area contributed by atoms with Crippen LogP contribution in [0.4, 0.5) is 5.82 Å². The predicted octanol–water partition coefficient (Wildman–Crippen LogP) is 1.90. The molecule has 0 saturated carbocycles. The molecule has 4 aromatic heterocycles. The van der Waals surface area contributed by atoms with Gasteiger partial charge in [0, 0.05) is 24.5 Å². The lowest BCUT2D eigenvalue weighted by atomic mass is 10.3. The minimum atomic E-state index is -0.390. The molecule has 0 aliphatic carbocycles. The van der Waals surface area contributed by atoms with Gasteiger partial charge in [0.05, 0.1) is 6.26 Å². The Morgan fingerprint density at radius 3 is 3.04 bits per heavy atom. The van der Waals surface area contributed by atoms with E-state index in [9.17, 15) is 4.79 Å². The van der Waals surface area contributed by atoms with Crippen molar-refractivity contribution in [1.82, 2.24) is 29.7 Å². The molecule has 0 radical (unpaired) electrons. The lowest BCUT2D eigenvalue weighted by molar-refractivity contribution is 0.102. The average Bonchev–Trinajstić information content (AvgIpc) is 3.36. The van der Waals surface area contributed by atoms with E-state index in [2.05, 4.69) is 30.5 Å². The Bertz CT molecular complexity index is 958. The molecule has 0 bridgehead atoms. The fourth-order valence-electron chi connectivity index (χ4n) is 2.13. The molecule has 4 rings (SSSR count). The first-order chi connectivity index (χ1) is 11.8. The second-order valence-corrected chi connectivity index (χ2v) is 4.83. The molecular weight excluding hydrogens is 310 g/mol. The summed E-state index contributed by atoms with van der Waals surface area (Å²) in [6, 6.07) is 6.78. The third-order valence-electron chi connectivity index (χ3n) is 3.26. The molecule has 0 aliphatic rings. The highest BCUT2D eigenvalue weighted by atomic mass is 16.3. The highest BCUT2D eigenvalue weighted by Crippen LogP contribution is 2.18. The van der Waals surface area contributed by atoms with Gasteiger partial charge in [0.25, 0.3) is 5.91 Å². The van der Waals surface area contributed by atoms with E-state index in [1.165, 1.54) is 6.33 Å². The maximum absolute atomic E-state index is 12.3. The van der Waals surface area contributed by atoms with Crippen molar-refractivity contribution in [2.45, 2.75) is 0 Å². The van der Waals surface area contributed by atoms with E-state index in [-0.39, 0.29) is 11.6 Å². The van der Waals surface area contributed by atoms with E-state index < -0.39 is 0 Å². The number of rotatable bonds is 4. The third-order valence-corrected chi connectivity index (χ3v) is 3.26. The SMILES string of the molecule is O=C(Nc1cc(-n2ccnc2)ncn1)c1cc(-c2ccco2)[nH]n1. The van der Waals surface area contributed by atoms with Gasteiger partial charge in [0.2, 0.25) is 0 Å². The van der Waals surface area contributed by atoms with Crippen molar-refractivity contribution in [3.63, 3.8) is 0 Å². The number of aromatic nitrogens is 6. The Hall–Kier alpha value is -3.75. The van der Waals surface area contributed by atoms with Crippen LogP contribution in [-0.4, -0.2) is 35.6 Å². The number of imidazole rings is 1. The highest BCUT2D eigenvalue weighted by molar-refractivity contribution is 6.02. The van der Waals surface area contributed by atoms with Gasteiger partial charge < -0.3 is 9.73 Å². The Morgan fingerprint density at radius 1 is 1.29 bits per heavy atom. The number of H-pyrrole nitrogens is 1. The van der Waals surface area contributed by atoms with Crippen molar-refractivity contribution < 1.29 is 9.21 Å². The maximum atomic E-state index is 12.3. The summed E-state index contributed by atoms with van der Waals surface area (Å²) in [6.07, 6.45) is 7.91. The molecule has 0 aliphatic heterocycles. The van der Waals surface area contributed by atoms with E-state index in [1.54, 1.807) is 53.8 Å². The van der Waals surface area contributed by atoms with Gasteiger partial charge in [0.15, 0.2) is 11.5 Å². The largest absolute Gasteiger partial charge is 0.463 e. The van der Waals surface area contributed by atoms with Gasteiger partial charge in [-0.15, -0.1) is 0 Å². The smallest absolute Gasteiger partial charge is 0.277 e. The predicted molar refractivity (Wildman–Crippen MR) is 83.4 cm³/mol. The second kappa shape index (κ2) is 5.80. The first-order valence-corrected chi connectivity index (χ1v) is 7.00. The first kappa shape index (κ1) is 13.9. The van der Waals surface area contributed by atoms with Crippen molar-refractivity contribution in [1.29, 1.82) is 0 Å². The van der Waals surface area contributed by atoms with Crippen LogP contribution >= 0.6 is 0 Å². The number of furan rings is 1. The highest BCUT2D eigenvalue weighted by Gasteiger charge is 2.14. The molecule has 24 heavy (non-hydrogen) atoms. The summed E-state index contributed by atoms with van der Waals surface area (Å²) < 4.78 is 6.96. The van der Waals surface area contributed by atoms with E-state index >= 15 is 0 Å². The zero-order valence-electron chi connectivity index (χ0n) is 12.2. The number of nitrogens with one attached hydrogen (secondary N) is 2. The Balaban J connectivity index is 1.53. The zero-order valence-corrected chi connectivity index (χ0v) is 12.2. The quantitative estimate of drug-likeness (QED) is 0.593. The van der Waals surface area contributed by atoms with Crippen LogP contribution < -0.4 is 5.32 Å². The average molecular weight is 321 g/mol. The molecule has 2 N–H and O–H groups in total. The molecule has 1 amide bonds. The minimum absolute atomic E-state index is 0.226. The molecule has 4 heterocycles. The second-order valence-electron chi connectivity index (χ2n) is 4.83. The minimum Gasteiger partial charge on any atom is -0.463 e. The summed E-state index contributed by atoms with van der Waals surface area (Å²) in [5.74, 6) is 1.17. The van der Waals surface area contributed by atoms with Crippen molar-refractivity contribution in [3.8, 4) is 17.3 Å². The van der Waals surface area contributed by atoms with Crippen molar-refractivity contribution >= 4 is 11.7 Å². The Morgan fingerprint density at radius 2 is 2.25 bits per heavy atom. The number of hydrogen-bond donors (Lipinski definition) is 2. The maximum Gasteiger partial charge on any atom is 0.277 e. The monoisotopic (exact) mass is 321 g/mol. The summed E-state index contributed by atoms with van der Waals surface area (Å²) in [6.45, 7) is 0. The standard InChI is InChI=1S/C15H11N7O2/c23-15(11-6-10(20-21-11)12-2-1-5-24-12)19-13-7-14(18-8-17-13)22-4-3-16-9-22/h1-9H,(H,20,21)(H,17,18,19,23). The molecule has 0 aromatic carbocycles. The Kier molecular flexibility index (Phi) is 3.35. The number of amides is 1. The van der Waals surface area contributed by atoms with Crippen molar-refractivity contribution in [2.75, 3.05) is 5.32 Å². The van der Waals surface area contributed by atoms with Crippen LogP contribution in [0.2, 0.25) is 0 Å². The van der Waals surface area contributed by atoms with Gasteiger partial charge in [0.1, 0.15) is 30.0 Å². The number of carbonyl (C=O) groups is 1. The summed E-state index contributed by atoms with van der Waals surface area (Å²) in [5.41, 5.74) is 0.844. The lowest BCUT2D eigenvalue weighted by Crippen LogP contribution is -2.14. The van der Waals surface area contributed by atoms with Crippen LogP contribution in [-0.2, 0) is 0 Å². The number of carbonyl (C=O) groups excluding carboxylic acids is 1.